The molecular weight excluding hydrogens is 416 g/mol. The molecule has 2 aromatic carbocycles. The Kier molecular flexibility index (Phi) is 6.31. The Labute approximate surface area is 183 Å². The van der Waals surface area contributed by atoms with E-state index in [1.807, 2.05) is 13.0 Å². The molecule has 1 amide bonds. The lowest BCUT2D eigenvalue weighted by Gasteiger charge is -2.27. The van der Waals surface area contributed by atoms with Gasteiger partial charge in [-0.25, -0.2) is 13.1 Å². The fraction of sp³-hybridized carbons (Fsp3) is 0.435. The molecule has 1 heterocycles. The number of methoxy groups -OCH3 is 1. The van der Waals surface area contributed by atoms with Gasteiger partial charge in [0.05, 0.1) is 30.8 Å². The van der Waals surface area contributed by atoms with Gasteiger partial charge >= 0.3 is 0 Å². The molecule has 0 aromatic heterocycles. The first kappa shape index (κ1) is 21.8. The van der Waals surface area contributed by atoms with Crippen molar-refractivity contribution in [1.82, 2.24) is 9.62 Å². The summed E-state index contributed by atoms with van der Waals surface area (Å²) in [5.74, 6) is 0.0889. The lowest BCUT2D eigenvalue weighted by atomic mass is 10.0. The Bertz CT molecular complexity index is 1080. The summed E-state index contributed by atoms with van der Waals surface area (Å²) < 4.78 is 39.6. The number of carbonyl (C=O) groups is 1. The summed E-state index contributed by atoms with van der Waals surface area (Å²) in [6, 6.07) is 10.2. The zero-order chi connectivity index (χ0) is 22.0. The number of hydrogen-bond donors (Lipinski definition) is 1. The summed E-state index contributed by atoms with van der Waals surface area (Å²) >= 11 is 0. The van der Waals surface area contributed by atoms with Crippen molar-refractivity contribution in [2.75, 3.05) is 33.4 Å². The summed E-state index contributed by atoms with van der Waals surface area (Å²) in [6.45, 7) is 3.69. The molecule has 7 nitrogen and oxygen atoms in total. The predicted octanol–water partition coefficient (Wildman–Crippen LogP) is 2.70. The van der Waals surface area contributed by atoms with E-state index in [9.17, 15) is 13.2 Å². The number of morpholine rings is 1. The van der Waals surface area contributed by atoms with Crippen molar-refractivity contribution >= 4 is 15.9 Å². The Morgan fingerprint density at radius 3 is 2.58 bits per heavy atom. The second kappa shape index (κ2) is 8.98. The number of carbonyl (C=O) groups excluding carboxylic acids is 1. The molecule has 8 heteroatoms. The van der Waals surface area contributed by atoms with Crippen LogP contribution >= 0.6 is 0 Å². The van der Waals surface area contributed by atoms with Crippen LogP contribution in [0.25, 0.3) is 0 Å². The summed E-state index contributed by atoms with van der Waals surface area (Å²) in [4.78, 5) is 14.7. The predicted molar refractivity (Wildman–Crippen MR) is 117 cm³/mol. The number of fused-ring (bicyclic) bond motifs is 1. The smallest absolute Gasteiger partial charge is 0.257 e. The Hall–Kier alpha value is -2.42. The second-order valence-corrected chi connectivity index (χ2v) is 9.71. The highest BCUT2D eigenvalue weighted by Gasteiger charge is 2.26. The number of hydrogen-bond acceptors (Lipinski definition) is 5. The lowest BCUT2D eigenvalue weighted by molar-refractivity contribution is 0.0300. The number of sulfonamides is 1. The SMILES string of the molecule is COc1ccc(S(=O)(=O)N[C@@H](C)c2ccc3c(c2)CCC3)cc1C(=O)N1CCOCC1. The normalized spacial score (nSPS) is 17.3. The molecule has 166 valence electrons. The monoisotopic (exact) mass is 444 g/mol. The van der Waals surface area contributed by atoms with Gasteiger partial charge in [-0.3, -0.25) is 4.79 Å². The van der Waals surface area contributed by atoms with Gasteiger partial charge in [-0.05, 0) is 61.1 Å². The number of ether oxygens (including phenoxy) is 2. The molecular formula is C23H28N2O5S. The van der Waals surface area contributed by atoms with Gasteiger partial charge < -0.3 is 14.4 Å². The third kappa shape index (κ3) is 4.61. The fourth-order valence-electron chi connectivity index (χ4n) is 4.19. The van der Waals surface area contributed by atoms with Crippen LogP contribution in [0.4, 0.5) is 0 Å². The third-order valence-electron chi connectivity index (χ3n) is 5.96. The minimum absolute atomic E-state index is 0.0397. The molecule has 4 rings (SSSR count). The highest BCUT2D eigenvalue weighted by Crippen LogP contribution is 2.28. The van der Waals surface area contributed by atoms with Crippen molar-refractivity contribution in [3.63, 3.8) is 0 Å². The van der Waals surface area contributed by atoms with E-state index in [1.54, 1.807) is 4.90 Å². The van der Waals surface area contributed by atoms with Gasteiger partial charge in [0.2, 0.25) is 10.0 Å². The zero-order valence-corrected chi connectivity index (χ0v) is 18.7. The van der Waals surface area contributed by atoms with Gasteiger partial charge in [-0.1, -0.05) is 18.2 Å². The largest absolute Gasteiger partial charge is 0.496 e. The molecule has 0 spiro atoms. The van der Waals surface area contributed by atoms with E-state index in [4.69, 9.17) is 9.47 Å². The number of nitrogens with one attached hydrogen (secondary N) is 1. The molecule has 1 fully saturated rings. The highest BCUT2D eigenvalue weighted by molar-refractivity contribution is 7.89. The molecule has 1 aliphatic heterocycles. The van der Waals surface area contributed by atoms with E-state index >= 15 is 0 Å². The first-order valence-corrected chi connectivity index (χ1v) is 12.1. The number of aryl methyl sites for hydroxylation is 2. The lowest BCUT2D eigenvalue weighted by Crippen LogP contribution is -2.40. The number of nitrogens with zero attached hydrogens (tertiary/aromatic N) is 1. The standard InChI is InChI=1S/C23H28N2O5S/c1-16(18-7-6-17-4-3-5-19(17)14-18)24-31(27,28)20-8-9-22(29-2)21(15-20)23(26)25-10-12-30-13-11-25/h6-9,14-16,24H,3-5,10-13H2,1-2H3/t16-/m0/s1. The first-order chi connectivity index (χ1) is 14.9. The summed E-state index contributed by atoms with van der Waals surface area (Å²) in [5, 5.41) is 0. The topological polar surface area (TPSA) is 84.9 Å². The van der Waals surface area contributed by atoms with Gasteiger partial charge in [-0.2, -0.15) is 0 Å². The number of amides is 1. The van der Waals surface area contributed by atoms with Crippen molar-refractivity contribution in [2.45, 2.75) is 37.1 Å². The van der Waals surface area contributed by atoms with Crippen LogP contribution in [0.1, 0.15) is 46.4 Å². The number of rotatable bonds is 6. The maximum atomic E-state index is 13.1. The van der Waals surface area contributed by atoms with Gasteiger partial charge in [-0.15, -0.1) is 0 Å². The molecule has 2 aromatic rings. The fourth-order valence-corrected chi connectivity index (χ4v) is 5.45. The minimum atomic E-state index is -3.83. The molecule has 1 atom stereocenters. The van der Waals surface area contributed by atoms with Crippen LogP contribution in [0.15, 0.2) is 41.3 Å². The van der Waals surface area contributed by atoms with Gasteiger partial charge in [0.25, 0.3) is 5.91 Å². The van der Waals surface area contributed by atoms with Crippen molar-refractivity contribution in [1.29, 1.82) is 0 Å². The molecule has 1 N–H and O–H groups in total. The molecule has 0 unspecified atom stereocenters. The molecule has 1 aliphatic carbocycles. The van der Waals surface area contributed by atoms with Crippen LogP contribution < -0.4 is 9.46 Å². The minimum Gasteiger partial charge on any atom is -0.496 e. The average Bonchev–Trinajstić information content (AvgIpc) is 3.26. The molecule has 1 saturated heterocycles. The first-order valence-electron chi connectivity index (χ1n) is 10.6. The van der Waals surface area contributed by atoms with Gasteiger partial charge in [0.15, 0.2) is 0 Å². The Morgan fingerprint density at radius 2 is 1.84 bits per heavy atom. The van der Waals surface area contributed by atoms with Crippen LogP contribution in [0, 0.1) is 0 Å². The molecule has 0 radical (unpaired) electrons. The van der Waals surface area contributed by atoms with Gasteiger partial charge in [0.1, 0.15) is 5.75 Å². The molecule has 31 heavy (non-hydrogen) atoms. The summed E-state index contributed by atoms with van der Waals surface area (Å²) in [6.07, 6.45) is 3.26. The maximum absolute atomic E-state index is 13.1. The van der Waals surface area contributed by atoms with E-state index in [0.29, 0.717) is 32.1 Å². The highest BCUT2D eigenvalue weighted by atomic mass is 32.2. The number of benzene rings is 2. The van der Waals surface area contributed by atoms with E-state index in [-0.39, 0.29) is 16.4 Å². The maximum Gasteiger partial charge on any atom is 0.257 e. The molecule has 0 saturated carbocycles. The van der Waals surface area contributed by atoms with Crippen molar-refractivity contribution in [3.8, 4) is 5.75 Å². The van der Waals surface area contributed by atoms with E-state index in [1.165, 1.54) is 36.4 Å². The van der Waals surface area contributed by atoms with E-state index < -0.39 is 16.1 Å². The van der Waals surface area contributed by atoms with E-state index in [0.717, 1.165) is 24.8 Å². The van der Waals surface area contributed by atoms with Crippen LogP contribution in [-0.4, -0.2) is 52.6 Å². The zero-order valence-electron chi connectivity index (χ0n) is 17.9. The van der Waals surface area contributed by atoms with E-state index in [2.05, 4.69) is 16.9 Å². The third-order valence-corrected chi connectivity index (χ3v) is 7.50. The van der Waals surface area contributed by atoms with Crippen LogP contribution in [0.2, 0.25) is 0 Å². The Balaban J connectivity index is 1.58. The van der Waals surface area contributed by atoms with Crippen LogP contribution in [0.3, 0.4) is 0 Å². The quantitative estimate of drug-likeness (QED) is 0.741. The van der Waals surface area contributed by atoms with Crippen molar-refractivity contribution in [3.05, 3.63) is 58.7 Å². The molecule has 2 aliphatic rings. The average molecular weight is 445 g/mol. The van der Waals surface area contributed by atoms with Gasteiger partial charge in [0, 0.05) is 19.1 Å². The Morgan fingerprint density at radius 1 is 1.10 bits per heavy atom. The van der Waals surface area contributed by atoms with Crippen molar-refractivity contribution < 1.29 is 22.7 Å². The summed E-state index contributed by atoms with van der Waals surface area (Å²) in [5.41, 5.74) is 3.81. The summed E-state index contributed by atoms with van der Waals surface area (Å²) in [7, 11) is -2.37. The van der Waals surface area contributed by atoms with Crippen molar-refractivity contribution in [2.24, 2.45) is 0 Å². The van der Waals surface area contributed by atoms with Crippen LogP contribution in [0.5, 0.6) is 5.75 Å². The second-order valence-electron chi connectivity index (χ2n) is 7.99. The van der Waals surface area contributed by atoms with Crippen LogP contribution in [-0.2, 0) is 27.6 Å². The molecule has 0 bridgehead atoms.